The van der Waals surface area contributed by atoms with Crippen molar-refractivity contribution in [2.75, 3.05) is 0 Å². The van der Waals surface area contributed by atoms with E-state index in [1.807, 2.05) is 48.5 Å². The fraction of sp³-hybridized carbons (Fsp3) is 0. The minimum absolute atomic E-state index is 0.251. The SMILES string of the molecule is Clc1ccc2sc3c(-c4ccccc4)nc(Cl)nc3c2c1. The maximum absolute atomic E-state index is 6.12. The molecule has 0 amide bonds. The van der Waals surface area contributed by atoms with E-state index >= 15 is 0 Å². The van der Waals surface area contributed by atoms with Gasteiger partial charge in [-0.25, -0.2) is 9.97 Å². The zero-order valence-corrected chi connectivity index (χ0v) is 13.0. The molecule has 2 nitrogen and oxygen atoms in total. The van der Waals surface area contributed by atoms with Gasteiger partial charge in [0.25, 0.3) is 0 Å². The van der Waals surface area contributed by atoms with Gasteiger partial charge in [0.15, 0.2) is 0 Å². The van der Waals surface area contributed by atoms with E-state index in [2.05, 4.69) is 9.97 Å². The van der Waals surface area contributed by atoms with Gasteiger partial charge in [-0.1, -0.05) is 41.9 Å². The van der Waals surface area contributed by atoms with Crippen molar-refractivity contribution in [1.29, 1.82) is 0 Å². The second-order valence-electron chi connectivity index (χ2n) is 4.63. The van der Waals surface area contributed by atoms with Gasteiger partial charge in [0.1, 0.15) is 0 Å². The summed E-state index contributed by atoms with van der Waals surface area (Å²) < 4.78 is 2.16. The first-order valence-electron chi connectivity index (χ1n) is 6.33. The van der Waals surface area contributed by atoms with Gasteiger partial charge in [0.2, 0.25) is 5.28 Å². The minimum atomic E-state index is 0.251. The van der Waals surface area contributed by atoms with E-state index in [-0.39, 0.29) is 5.28 Å². The summed E-state index contributed by atoms with van der Waals surface area (Å²) in [6.07, 6.45) is 0. The number of aromatic nitrogens is 2. The molecule has 2 heterocycles. The highest BCUT2D eigenvalue weighted by Gasteiger charge is 2.14. The van der Waals surface area contributed by atoms with Gasteiger partial charge >= 0.3 is 0 Å². The van der Waals surface area contributed by atoms with Crippen LogP contribution in [-0.4, -0.2) is 9.97 Å². The van der Waals surface area contributed by atoms with E-state index in [0.29, 0.717) is 5.02 Å². The van der Waals surface area contributed by atoms with E-state index in [9.17, 15) is 0 Å². The van der Waals surface area contributed by atoms with Gasteiger partial charge in [0, 0.05) is 20.7 Å². The van der Waals surface area contributed by atoms with Crippen LogP contribution in [0.4, 0.5) is 0 Å². The van der Waals surface area contributed by atoms with Crippen LogP contribution in [0, 0.1) is 0 Å². The lowest BCUT2D eigenvalue weighted by Gasteiger charge is -2.02. The summed E-state index contributed by atoms with van der Waals surface area (Å²) in [5, 5.41) is 1.96. The third-order valence-corrected chi connectivity index (χ3v) is 4.87. The molecule has 2 aromatic carbocycles. The molecule has 0 spiro atoms. The van der Waals surface area contributed by atoms with Gasteiger partial charge in [-0.2, -0.15) is 0 Å². The van der Waals surface area contributed by atoms with Crippen LogP contribution >= 0.6 is 34.5 Å². The molecular weight excluding hydrogens is 323 g/mol. The molecule has 0 saturated carbocycles. The largest absolute Gasteiger partial charge is 0.223 e. The Morgan fingerprint density at radius 2 is 1.71 bits per heavy atom. The normalized spacial score (nSPS) is 11.3. The Balaban J connectivity index is 2.15. The summed E-state index contributed by atoms with van der Waals surface area (Å²) >= 11 is 13.9. The molecule has 102 valence electrons. The van der Waals surface area contributed by atoms with Gasteiger partial charge in [-0.15, -0.1) is 11.3 Å². The molecule has 0 unspecified atom stereocenters. The topological polar surface area (TPSA) is 25.8 Å². The van der Waals surface area contributed by atoms with Crippen LogP contribution in [0.25, 0.3) is 31.6 Å². The maximum Gasteiger partial charge on any atom is 0.223 e. The van der Waals surface area contributed by atoms with E-state index in [4.69, 9.17) is 23.2 Å². The van der Waals surface area contributed by atoms with E-state index in [0.717, 1.165) is 31.6 Å². The van der Waals surface area contributed by atoms with Crippen LogP contribution < -0.4 is 0 Å². The first-order valence-corrected chi connectivity index (χ1v) is 7.90. The number of nitrogens with zero attached hydrogens (tertiary/aromatic N) is 2. The average molecular weight is 331 g/mol. The Labute approximate surface area is 135 Å². The molecule has 0 fully saturated rings. The Kier molecular flexibility index (Phi) is 3.07. The van der Waals surface area contributed by atoms with E-state index in [1.165, 1.54) is 0 Å². The maximum atomic E-state index is 6.12. The fourth-order valence-corrected chi connectivity index (χ4v) is 3.86. The first-order chi connectivity index (χ1) is 10.2. The Morgan fingerprint density at radius 3 is 2.52 bits per heavy atom. The molecule has 21 heavy (non-hydrogen) atoms. The van der Waals surface area contributed by atoms with Gasteiger partial charge in [0.05, 0.1) is 15.9 Å². The van der Waals surface area contributed by atoms with Gasteiger partial charge in [-0.3, -0.25) is 0 Å². The summed E-state index contributed by atoms with van der Waals surface area (Å²) in [7, 11) is 0. The quantitative estimate of drug-likeness (QED) is 0.411. The highest BCUT2D eigenvalue weighted by Crippen LogP contribution is 2.39. The fourth-order valence-electron chi connectivity index (χ4n) is 2.38. The lowest BCUT2D eigenvalue weighted by Crippen LogP contribution is -1.88. The molecule has 2 aromatic heterocycles. The highest BCUT2D eigenvalue weighted by molar-refractivity contribution is 7.26. The number of fused-ring (bicyclic) bond motifs is 3. The molecule has 0 N–H and O–H groups in total. The molecule has 0 radical (unpaired) electrons. The van der Waals surface area contributed by atoms with Crippen molar-refractivity contribution >= 4 is 54.8 Å². The molecule has 0 aliphatic rings. The van der Waals surface area contributed by atoms with Crippen molar-refractivity contribution in [3.05, 3.63) is 58.8 Å². The minimum Gasteiger partial charge on any atom is -0.216 e. The Bertz CT molecular complexity index is 964. The Morgan fingerprint density at radius 1 is 0.905 bits per heavy atom. The third-order valence-electron chi connectivity index (χ3n) is 3.29. The lowest BCUT2D eigenvalue weighted by atomic mass is 10.1. The number of hydrogen-bond acceptors (Lipinski definition) is 3. The average Bonchev–Trinajstić information content (AvgIpc) is 2.85. The number of halogens is 2. The van der Waals surface area contributed by atoms with Crippen molar-refractivity contribution in [2.45, 2.75) is 0 Å². The molecule has 0 aliphatic heterocycles. The Hall–Kier alpha value is -1.68. The van der Waals surface area contributed by atoms with Crippen LogP contribution in [-0.2, 0) is 0 Å². The number of thiophene rings is 1. The van der Waals surface area contributed by atoms with E-state index in [1.54, 1.807) is 11.3 Å². The number of benzene rings is 2. The second kappa shape index (κ2) is 4.95. The molecule has 5 heteroatoms. The third kappa shape index (κ3) is 2.18. The standard InChI is InChI=1S/C16H8Cl2N2S/c17-10-6-7-12-11(8-10)14-15(21-12)13(19-16(18)20-14)9-4-2-1-3-5-9/h1-8H. The molecule has 4 aromatic rings. The van der Waals surface area contributed by atoms with Crippen molar-refractivity contribution in [1.82, 2.24) is 9.97 Å². The first kappa shape index (κ1) is 13.0. The van der Waals surface area contributed by atoms with Crippen molar-refractivity contribution in [3.8, 4) is 11.3 Å². The van der Waals surface area contributed by atoms with Gasteiger partial charge < -0.3 is 0 Å². The molecular formula is C16H8Cl2N2S. The van der Waals surface area contributed by atoms with Crippen LogP contribution in [0.2, 0.25) is 10.3 Å². The summed E-state index contributed by atoms with van der Waals surface area (Å²) in [5.41, 5.74) is 2.75. The second-order valence-corrected chi connectivity index (χ2v) is 6.45. The molecule has 0 bridgehead atoms. The zero-order chi connectivity index (χ0) is 14.4. The molecule has 0 atom stereocenters. The van der Waals surface area contributed by atoms with Crippen molar-refractivity contribution in [3.63, 3.8) is 0 Å². The van der Waals surface area contributed by atoms with Crippen LogP contribution in [0.3, 0.4) is 0 Å². The summed E-state index contributed by atoms with van der Waals surface area (Å²) in [6.45, 7) is 0. The number of hydrogen-bond donors (Lipinski definition) is 0. The predicted molar refractivity (Wildman–Crippen MR) is 90.4 cm³/mol. The van der Waals surface area contributed by atoms with E-state index < -0.39 is 0 Å². The monoisotopic (exact) mass is 330 g/mol. The predicted octanol–water partition coefficient (Wildman–Crippen LogP) is 5.82. The summed E-state index contributed by atoms with van der Waals surface area (Å²) in [6, 6.07) is 15.8. The zero-order valence-electron chi connectivity index (χ0n) is 10.7. The smallest absolute Gasteiger partial charge is 0.216 e. The highest BCUT2D eigenvalue weighted by atomic mass is 35.5. The van der Waals surface area contributed by atoms with Crippen LogP contribution in [0.1, 0.15) is 0 Å². The van der Waals surface area contributed by atoms with Crippen LogP contribution in [0.5, 0.6) is 0 Å². The van der Waals surface area contributed by atoms with Crippen molar-refractivity contribution < 1.29 is 0 Å². The summed E-state index contributed by atoms with van der Waals surface area (Å²) in [5.74, 6) is 0. The van der Waals surface area contributed by atoms with Crippen molar-refractivity contribution in [2.24, 2.45) is 0 Å². The summed E-state index contributed by atoms with van der Waals surface area (Å²) in [4.78, 5) is 8.82. The van der Waals surface area contributed by atoms with Crippen LogP contribution in [0.15, 0.2) is 48.5 Å². The molecule has 4 rings (SSSR count). The lowest BCUT2D eigenvalue weighted by molar-refractivity contribution is 1.24. The molecule has 0 aliphatic carbocycles. The van der Waals surface area contributed by atoms with Gasteiger partial charge in [-0.05, 0) is 29.8 Å². The molecule has 0 saturated heterocycles. The number of rotatable bonds is 1.